The van der Waals surface area contributed by atoms with Gasteiger partial charge in [-0.2, -0.15) is 0 Å². The van der Waals surface area contributed by atoms with Gasteiger partial charge < -0.3 is 14.4 Å². The van der Waals surface area contributed by atoms with E-state index < -0.39 is 23.3 Å². The van der Waals surface area contributed by atoms with Crippen molar-refractivity contribution in [2.24, 2.45) is 0 Å². The molecule has 4 nitrogen and oxygen atoms in total. The molecule has 0 aliphatic carbocycles. The van der Waals surface area contributed by atoms with Crippen molar-refractivity contribution >= 4 is 17.2 Å². The summed E-state index contributed by atoms with van der Waals surface area (Å²) in [4.78, 5) is 15.7. The SMILES string of the molecule is COc1c(F)ccc(C(=O)N2CCC3(CC2)OCCc2sccc23)c1F. The Morgan fingerprint density at radius 2 is 2.04 bits per heavy atom. The molecule has 1 saturated heterocycles. The second-order valence-corrected chi connectivity index (χ2v) is 7.59. The molecule has 0 bridgehead atoms. The van der Waals surface area contributed by atoms with E-state index in [2.05, 4.69) is 11.4 Å². The van der Waals surface area contributed by atoms with Crippen LogP contribution in [-0.4, -0.2) is 37.6 Å². The third-order valence-electron chi connectivity index (χ3n) is 5.29. The average molecular weight is 379 g/mol. The van der Waals surface area contributed by atoms with Gasteiger partial charge in [-0.3, -0.25) is 4.79 Å². The minimum Gasteiger partial charge on any atom is -0.491 e. The number of halogens is 2. The predicted octanol–water partition coefficient (Wildman–Crippen LogP) is 3.74. The molecule has 1 aromatic carbocycles. The Labute approximate surface area is 154 Å². The summed E-state index contributed by atoms with van der Waals surface area (Å²) < 4.78 is 38.8. The molecule has 2 aliphatic rings. The first kappa shape index (κ1) is 17.4. The number of fused-ring (bicyclic) bond motifs is 2. The monoisotopic (exact) mass is 379 g/mol. The summed E-state index contributed by atoms with van der Waals surface area (Å²) in [5.74, 6) is -2.74. The molecule has 1 fully saturated rings. The number of rotatable bonds is 2. The standard InChI is InChI=1S/C19H19F2NO3S/c1-24-17-14(20)3-2-12(16(17)21)18(23)22-8-6-19(7-9-22)13-5-11-26-15(13)4-10-25-19/h2-3,5,11H,4,6-10H2,1H3. The predicted molar refractivity (Wildman–Crippen MR) is 93.7 cm³/mol. The topological polar surface area (TPSA) is 38.8 Å². The Balaban J connectivity index is 1.54. The summed E-state index contributed by atoms with van der Waals surface area (Å²) in [6.45, 7) is 1.62. The number of carbonyl (C=O) groups excluding carboxylic acids is 1. The smallest absolute Gasteiger partial charge is 0.256 e. The first-order chi connectivity index (χ1) is 12.6. The highest BCUT2D eigenvalue weighted by molar-refractivity contribution is 7.10. The molecule has 0 unspecified atom stereocenters. The molecule has 0 radical (unpaired) electrons. The molecular formula is C19H19F2NO3S. The highest BCUT2D eigenvalue weighted by atomic mass is 32.1. The number of hydrogen-bond donors (Lipinski definition) is 0. The zero-order valence-electron chi connectivity index (χ0n) is 14.4. The third-order valence-corrected chi connectivity index (χ3v) is 6.27. The fourth-order valence-corrected chi connectivity index (χ4v) is 4.85. The van der Waals surface area contributed by atoms with Crippen molar-refractivity contribution in [3.8, 4) is 5.75 Å². The van der Waals surface area contributed by atoms with Crippen LogP contribution in [0.3, 0.4) is 0 Å². The highest BCUT2D eigenvalue weighted by Gasteiger charge is 2.42. The highest BCUT2D eigenvalue weighted by Crippen LogP contribution is 2.43. The van der Waals surface area contributed by atoms with E-state index in [1.54, 1.807) is 16.2 Å². The van der Waals surface area contributed by atoms with E-state index >= 15 is 0 Å². The maximum atomic E-state index is 14.4. The summed E-state index contributed by atoms with van der Waals surface area (Å²) in [6.07, 6.45) is 2.27. The van der Waals surface area contributed by atoms with Gasteiger partial charge in [0.1, 0.15) is 0 Å². The number of methoxy groups -OCH3 is 1. The van der Waals surface area contributed by atoms with E-state index in [4.69, 9.17) is 9.47 Å². The van der Waals surface area contributed by atoms with E-state index in [1.165, 1.54) is 23.6 Å². The van der Waals surface area contributed by atoms with E-state index in [0.717, 1.165) is 12.5 Å². The fraction of sp³-hybridized carbons (Fsp3) is 0.421. The van der Waals surface area contributed by atoms with Crippen LogP contribution in [0.2, 0.25) is 0 Å². The molecule has 0 saturated carbocycles. The van der Waals surface area contributed by atoms with Gasteiger partial charge in [-0.25, -0.2) is 8.78 Å². The maximum Gasteiger partial charge on any atom is 0.256 e. The van der Waals surface area contributed by atoms with E-state index in [9.17, 15) is 13.6 Å². The third kappa shape index (κ3) is 2.70. The van der Waals surface area contributed by atoms with Crippen LogP contribution < -0.4 is 4.74 Å². The lowest BCUT2D eigenvalue weighted by Crippen LogP contribution is -2.48. The van der Waals surface area contributed by atoms with E-state index in [0.29, 0.717) is 32.5 Å². The number of thiophene rings is 1. The summed E-state index contributed by atoms with van der Waals surface area (Å²) in [6, 6.07) is 4.34. The van der Waals surface area contributed by atoms with E-state index in [1.807, 2.05) is 0 Å². The molecule has 138 valence electrons. The van der Waals surface area contributed by atoms with Gasteiger partial charge in [-0.15, -0.1) is 11.3 Å². The van der Waals surface area contributed by atoms with Gasteiger partial charge in [0.25, 0.3) is 5.91 Å². The van der Waals surface area contributed by atoms with Crippen LogP contribution >= 0.6 is 11.3 Å². The lowest BCUT2D eigenvalue weighted by molar-refractivity contribution is -0.0926. The van der Waals surface area contributed by atoms with Crippen LogP contribution in [0, 0.1) is 11.6 Å². The van der Waals surface area contributed by atoms with Crippen molar-refractivity contribution in [1.82, 2.24) is 4.90 Å². The first-order valence-corrected chi connectivity index (χ1v) is 9.46. The van der Waals surface area contributed by atoms with Crippen LogP contribution in [0.15, 0.2) is 23.6 Å². The number of amides is 1. The molecule has 7 heteroatoms. The van der Waals surface area contributed by atoms with Gasteiger partial charge >= 0.3 is 0 Å². The quantitative estimate of drug-likeness (QED) is 0.798. The second kappa shape index (κ2) is 6.63. The largest absolute Gasteiger partial charge is 0.491 e. The minimum atomic E-state index is -0.952. The summed E-state index contributed by atoms with van der Waals surface area (Å²) in [5, 5.41) is 2.08. The molecule has 1 amide bonds. The number of hydrogen-bond acceptors (Lipinski definition) is 4. The Hall–Kier alpha value is -1.99. The summed E-state index contributed by atoms with van der Waals surface area (Å²) in [7, 11) is 1.18. The molecule has 2 aliphatic heterocycles. The maximum absolute atomic E-state index is 14.4. The Morgan fingerprint density at radius 3 is 2.77 bits per heavy atom. The van der Waals surface area contributed by atoms with Crippen LogP contribution in [0.4, 0.5) is 8.78 Å². The summed E-state index contributed by atoms with van der Waals surface area (Å²) >= 11 is 1.74. The van der Waals surface area contributed by atoms with Crippen molar-refractivity contribution in [1.29, 1.82) is 0 Å². The zero-order chi connectivity index (χ0) is 18.3. The number of nitrogens with zero attached hydrogens (tertiary/aromatic N) is 1. The number of carbonyl (C=O) groups is 1. The van der Waals surface area contributed by atoms with Gasteiger partial charge in [0.2, 0.25) is 0 Å². The second-order valence-electron chi connectivity index (χ2n) is 6.58. The average Bonchev–Trinajstić information content (AvgIpc) is 3.13. The van der Waals surface area contributed by atoms with Crippen LogP contribution in [-0.2, 0) is 16.8 Å². The van der Waals surface area contributed by atoms with Crippen molar-refractivity contribution in [2.45, 2.75) is 24.9 Å². The minimum absolute atomic E-state index is 0.167. The fourth-order valence-electron chi connectivity index (χ4n) is 3.90. The molecule has 0 N–H and O–H groups in total. The van der Waals surface area contributed by atoms with Gasteiger partial charge in [0.05, 0.1) is 24.9 Å². The van der Waals surface area contributed by atoms with Crippen molar-refractivity contribution in [3.63, 3.8) is 0 Å². The number of piperidine rings is 1. The van der Waals surface area contributed by atoms with Crippen LogP contribution in [0.1, 0.15) is 33.6 Å². The molecule has 3 heterocycles. The van der Waals surface area contributed by atoms with Gasteiger partial charge in [-0.1, -0.05) is 0 Å². The zero-order valence-corrected chi connectivity index (χ0v) is 15.2. The van der Waals surface area contributed by atoms with E-state index in [-0.39, 0.29) is 11.2 Å². The molecule has 4 rings (SSSR count). The summed E-state index contributed by atoms with van der Waals surface area (Å²) in [5.41, 5.74) is 0.721. The van der Waals surface area contributed by atoms with Gasteiger partial charge in [0.15, 0.2) is 17.4 Å². The lowest BCUT2D eigenvalue weighted by Gasteiger charge is -2.44. The van der Waals surface area contributed by atoms with Gasteiger partial charge in [0, 0.05) is 24.4 Å². The number of benzene rings is 1. The van der Waals surface area contributed by atoms with Gasteiger partial charge in [-0.05, 0) is 42.0 Å². The van der Waals surface area contributed by atoms with Crippen molar-refractivity contribution < 1.29 is 23.0 Å². The van der Waals surface area contributed by atoms with Crippen molar-refractivity contribution in [3.05, 3.63) is 51.2 Å². The first-order valence-electron chi connectivity index (χ1n) is 8.58. The molecule has 1 aromatic heterocycles. The Bertz CT molecular complexity index is 843. The Kier molecular flexibility index (Phi) is 4.44. The van der Waals surface area contributed by atoms with Crippen molar-refractivity contribution in [2.75, 3.05) is 26.8 Å². The number of ether oxygens (including phenoxy) is 2. The van der Waals surface area contributed by atoms with Crippen LogP contribution in [0.25, 0.3) is 0 Å². The lowest BCUT2D eigenvalue weighted by atomic mass is 9.82. The molecule has 1 spiro atoms. The molecule has 26 heavy (non-hydrogen) atoms. The molecule has 2 aromatic rings. The molecular weight excluding hydrogens is 360 g/mol. The Morgan fingerprint density at radius 1 is 1.27 bits per heavy atom. The number of likely N-dealkylation sites (tertiary alicyclic amines) is 1. The normalized spacial score (nSPS) is 18.7. The van der Waals surface area contributed by atoms with Crippen LogP contribution in [0.5, 0.6) is 5.75 Å². The molecule has 0 atom stereocenters.